The predicted molar refractivity (Wildman–Crippen MR) is 121 cm³/mol. The van der Waals surface area contributed by atoms with E-state index >= 15 is 0 Å². The number of imidazole rings is 1. The van der Waals surface area contributed by atoms with E-state index in [0.29, 0.717) is 76.1 Å². The van der Waals surface area contributed by atoms with Gasteiger partial charge in [-0.25, -0.2) is 32.9 Å². The molecule has 5 rings (SSSR count). The molecule has 33 heavy (non-hydrogen) atoms. The maximum Gasteiger partial charge on any atom is 0.219 e. The second-order valence-electron chi connectivity index (χ2n) is 8.13. The highest BCUT2D eigenvalue weighted by Crippen LogP contribution is 2.24. The molecule has 176 valence electrons. The van der Waals surface area contributed by atoms with Crippen LogP contribution in [0.25, 0.3) is 17.0 Å². The van der Waals surface area contributed by atoms with E-state index in [-0.39, 0.29) is 5.95 Å². The van der Waals surface area contributed by atoms with E-state index < -0.39 is 10.0 Å². The standard InChI is InChI=1S/C19H26N10O3S/c1-33(30,31)28-4-2-26(3-5-28)12-15-13-29-18(23-15)17(27-6-8-32-9-7-27)24-16(25-29)14-10-21-19(20)22-11-14/h10-11,13H,2-9,12H2,1H3,(H2,20,21,22). The van der Waals surface area contributed by atoms with Crippen LogP contribution in [0, 0.1) is 0 Å². The number of nitrogens with two attached hydrogens (primary N) is 1. The van der Waals surface area contributed by atoms with Crippen LogP contribution in [0.5, 0.6) is 0 Å². The summed E-state index contributed by atoms with van der Waals surface area (Å²) in [6.45, 7) is 5.51. The van der Waals surface area contributed by atoms with E-state index in [1.54, 1.807) is 16.9 Å². The predicted octanol–water partition coefficient (Wildman–Crippen LogP) is -0.923. The fourth-order valence-corrected chi connectivity index (χ4v) is 4.84. The van der Waals surface area contributed by atoms with Gasteiger partial charge in [0.05, 0.1) is 36.9 Å². The Hall–Kier alpha value is -2.94. The van der Waals surface area contributed by atoms with E-state index in [2.05, 4.69) is 24.9 Å². The van der Waals surface area contributed by atoms with Crippen LogP contribution in [0.2, 0.25) is 0 Å². The van der Waals surface area contributed by atoms with Crippen LogP contribution < -0.4 is 10.6 Å². The lowest BCUT2D eigenvalue weighted by atomic mass is 10.3. The van der Waals surface area contributed by atoms with Crippen molar-refractivity contribution in [3.8, 4) is 11.4 Å². The summed E-state index contributed by atoms with van der Waals surface area (Å²) in [6, 6.07) is 0. The summed E-state index contributed by atoms with van der Waals surface area (Å²) < 4.78 is 32.3. The van der Waals surface area contributed by atoms with Gasteiger partial charge >= 0.3 is 0 Å². The molecule has 13 nitrogen and oxygen atoms in total. The summed E-state index contributed by atoms with van der Waals surface area (Å²) in [4.78, 5) is 22.1. The number of ether oxygens (including phenoxy) is 1. The van der Waals surface area contributed by atoms with E-state index in [0.717, 1.165) is 11.5 Å². The molecule has 0 bridgehead atoms. The summed E-state index contributed by atoms with van der Waals surface area (Å²) >= 11 is 0. The van der Waals surface area contributed by atoms with Gasteiger partial charge in [-0.1, -0.05) is 0 Å². The molecular weight excluding hydrogens is 448 g/mol. The molecule has 0 radical (unpaired) electrons. The second-order valence-corrected chi connectivity index (χ2v) is 10.1. The topological polar surface area (TPSA) is 148 Å². The van der Waals surface area contributed by atoms with Crippen molar-refractivity contribution in [2.75, 3.05) is 69.4 Å². The molecule has 0 saturated carbocycles. The molecule has 0 atom stereocenters. The third-order valence-corrected chi connectivity index (χ3v) is 7.08. The van der Waals surface area contributed by atoms with Crippen LogP contribution in [0.15, 0.2) is 18.6 Å². The Morgan fingerprint density at radius 2 is 1.73 bits per heavy atom. The van der Waals surface area contributed by atoms with Gasteiger partial charge in [-0.2, -0.15) is 4.31 Å². The zero-order valence-corrected chi connectivity index (χ0v) is 19.1. The molecule has 3 aromatic heterocycles. The minimum absolute atomic E-state index is 0.189. The quantitative estimate of drug-likeness (QED) is 0.489. The maximum absolute atomic E-state index is 11.8. The van der Waals surface area contributed by atoms with E-state index in [9.17, 15) is 8.42 Å². The number of sulfonamides is 1. The fraction of sp³-hybridized carbons (Fsp3) is 0.526. The first-order valence-corrected chi connectivity index (χ1v) is 12.6. The lowest BCUT2D eigenvalue weighted by Crippen LogP contribution is -2.47. The normalized spacial score (nSPS) is 18.8. The average Bonchev–Trinajstić information content (AvgIpc) is 3.21. The molecular formula is C19H26N10O3S. The molecule has 2 aliphatic rings. The van der Waals surface area contributed by atoms with Gasteiger partial charge in [-0.15, -0.1) is 5.10 Å². The summed E-state index contributed by atoms with van der Waals surface area (Å²) in [5.74, 6) is 1.40. The van der Waals surface area contributed by atoms with Crippen LogP contribution in [-0.2, 0) is 21.3 Å². The lowest BCUT2D eigenvalue weighted by Gasteiger charge is -2.32. The zero-order chi connectivity index (χ0) is 23.0. The lowest BCUT2D eigenvalue weighted by molar-refractivity contribution is 0.122. The van der Waals surface area contributed by atoms with Crippen LogP contribution in [-0.4, -0.2) is 106 Å². The van der Waals surface area contributed by atoms with Gasteiger partial charge in [0.15, 0.2) is 17.3 Å². The number of nitrogen functional groups attached to an aromatic ring is 1. The number of nitrogens with zero attached hydrogens (tertiary/aromatic N) is 9. The molecule has 0 aliphatic carbocycles. The van der Waals surface area contributed by atoms with Gasteiger partial charge in [0.2, 0.25) is 16.0 Å². The molecule has 2 aliphatic heterocycles. The molecule has 2 N–H and O–H groups in total. The Kier molecular flexibility index (Phi) is 5.82. The Labute approximate surface area is 191 Å². The Morgan fingerprint density at radius 3 is 2.39 bits per heavy atom. The van der Waals surface area contributed by atoms with Crippen LogP contribution in [0.4, 0.5) is 11.8 Å². The van der Waals surface area contributed by atoms with Crippen molar-refractivity contribution in [1.82, 2.24) is 38.8 Å². The van der Waals surface area contributed by atoms with Gasteiger partial charge in [-0.05, 0) is 0 Å². The monoisotopic (exact) mass is 474 g/mol. The van der Waals surface area contributed by atoms with Gasteiger partial charge in [-0.3, -0.25) is 4.90 Å². The van der Waals surface area contributed by atoms with Crippen molar-refractivity contribution in [3.63, 3.8) is 0 Å². The van der Waals surface area contributed by atoms with Crippen LogP contribution in [0.3, 0.4) is 0 Å². The number of piperazine rings is 1. The summed E-state index contributed by atoms with van der Waals surface area (Å²) in [5, 5.41) is 4.65. The smallest absolute Gasteiger partial charge is 0.219 e. The molecule has 0 aromatic carbocycles. The van der Waals surface area contributed by atoms with Crippen molar-refractivity contribution < 1.29 is 13.2 Å². The van der Waals surface area contributed by atoms with E-state index in [1.165, 1.54) is 10.6 Å². The highest BCUT2D eigenvalue weighted by Gasteiger charge is 2.25. The third-order valence-electron chi connectivity index (χ3n) is 5.78. The van der Waals surface area contributed by atoms with Gasteiger partial charge < -0.3 is 15.4 Å². The zero-order valence-electron chi connectivity index (χ0n) is 18.3. The molecule has 5 heterocycles. The number of hydrogen-bond donors (Lipinski definition) is 1. The summed E-state index contributed by atoms with van der Waals surface area (Å²) in [7, 11) is -3.16. The Morgan fingerprint density at radius 1 is 1.03 bits per heavy atom. The average molecular weight is 475 g/mol. The number of anilines is 2. The number of fused-ring (bicyclic) bond motifs is 1. The number of hydrogen-bond acceptors (Lipinski definition) is 11. The third kappa shape index (κ3) is 4.73. The number of morpholine rings is 1. The highest BCUT2D eigenvalue weighted by atomic mass is 32.2. The number of aromatic nitrogens is 6. The van der Waals surface area contributed by atoms with E-state index in [4.69, 9.17) is 20.4 Å². The van der Waals surface area contributed by atoms with Crippen LogP contribution >= 0.6 is 0 Å². The van der Waals surface area contributed by atoms with Crippen LogP contribution in [0.1, 0.15) is 5.69 Å². The second kappa shape index (κ2) is 8.78. The Balaban J connectivity index is 1.45. The maximum atomic E-state index is 11.8. The molecule has 0 unspecified atom stereocenters. The SMILES string of the molecule is CS(=O)(=O)N1CCN(Cc2cn3nc(-c4cnc(N)nc4)nc(N4CCOCC4)c3n2)CC1. The van der Waals surface area contributed by atoms with Crippen molar-refractivity contribution in [2.24, 2.45) is 0 Å². The molecule has 2 fully saturated rings. The Bertz CT molecular complexity index is 1230. The minimum Gasteiger partial charge on any atom is -0.378 e. The first kappa shape index (κ1) is 21.9. The first-order chi connectivity index (χ1) is 15.9. The van der Waals surface area contributed by atoms with Crippen molar-refractivity contribution in [2.45, 2.75) is 6.54 Å². The minimum atomic E-state index is -3.16. The summed E-state index contributed by atoms with van der Waals surface area (Å²) in [5.41, 5.74) is 7.80. The summed E-state index contributed by atoms with van der Waals surface area (Å²) in [6.07, 6.45) is 6.35. The van der Waals surface area contributed by atoms with Gasteiger partial charge in [0, 0.05) is 58.2 Å². The molecule has 0 spiro atoms. The van der Waals surface area contributed by atoms with Crippen molar-refractivity contribution in [3.05, 3.63) is 24.3 Å². The molecule has 2 saturated heterocycles. The first-order valence-electron chi connectivity index (χ1n) is 10.7. The van der Waals surface area contributed by atoms with Gasteiger partial charge in [0.25, 0.3) is 0 Å². The molecule has 14 heteroatoms. The number of rotatable bonds is 5. The van der Waals surface area contributed by atoms with Gasteiger partial charge in [0.1, 0.15) is 0 Å². The fourth-order valence-electron chi connectivity index (χ4n) is 4.01. The molecule has 3 aromatic rings. The molecule has 0 amide bonds. The largest absolute Gasteiger partial charge is 0.378 e. The van der Waals surface area contributed by atoms with E-state index in [1.807, 2.05) is 6.20 Å². The van der Waals surface area contributed by atoms with Crippen molar-refractivity contribution in [1.29, 1.82) is 0 Å². The highest BCUT2D eigenvalue weighted by molar-refractivity contribution is 7.88. The van der Waals surface area contributed by atoms with Crippen molar-refractivity contribution >= 4 is 27.4 Å².